The number of nitrogens with one attached hydrogen (secondary N) is 1. The Morgan fingerprint density at radius 2 is 2.00 bits per heavy atom. The van der Waals surface area contributed by atoms with E-state index in [1.54, 1.807) is 20.4 Å². The first-order chi connectivity index (χ1) is 7.83. The summed E-state index contributed by atoms with van der Waals surface area (Å²) < 4.78 is 10.4. The normalized spacial score (nSPS) is 9.81. The van der Waals surface area contributed by atoms with Crippen LogP contribution in [0.25, 0.3) is 0 Å². The third-order valence-electron chi connectivity index (χ3n) is 2.00. The van der Waals surface area contributed by atoms with Crippen LogP contribution in [0.5, 0.6) is 11.5 Å². The number of ether oxygens (including phenoxy) is 2. The third kappa shape index (κ3) is 2.89. The van der Waals surface area contributed by atoms with E-state index in [1.165, 1.54) is 6.34 Å². The van der Waals surface area contributed by atoms with Gasteiger partial charge in [-0.2, -0.15) is 5.26 Å². The van der Waals surface area contributed by atoms with Gasteiger partial charge in [0, 0.05) is 0 Å². The van der Waals surface area contributed by atoms with Crippen LogP contribution < -0.4 is 14.8 Å². The lowest BCUT2D eigenvalue weighted by Gasteiger charge is -2.10. The maximum Gasteiger partial charge on any atom is 0.182 e. The number of methoxy groups -OCH3 is 2. The fourth-order valence-electron chi connectivity index (χ4n) is 1.30. The summed E-state index contributed by atoms with van der Waals surface area (Å²) >= 11 is 0. The Hall–Kier alpha value is -2.22. The van der Waals surface area contributed by atoms with Crippen LogP contribution in [0, 0.1) is 11.5 Å². The highest BCUT2D eigenvalue weighted by Crippen LogP contribution is 2.28. The lowest BCUT2D eigenvalue weighted by atomic mass is 10.2. The predicted molar refractivity (Wildman–Crippen MR) is 60.5 cm³/mol. The van der Waals surface area contributed by atoms with Crippen molar-refractivity contribution in [2.75, 3.05) is 14.2 Å². The molecule has 0 unspecified atom stereocenters. The van der Waals surface area contributed by atoms with Gasteiger partial charge in [-0.1, -0.05) is 6.07 Å². The largest absolute Gasteiger partial charge is 0.496 e. The zero-order valence-electron chi connectivity index (χ0n) is 9.23. The minimum atomic E-state index is 0.391. The number of hydrogen-bond acceptors (Lipinski definition) is 4. The van der Waals surface area contributed by atoms with Crippen LogP contribution in [0.2, 0.25) is 0 Å². The molecule has 0 aliphatic rings. The minimum Gasteiger partial charge on any atom is -0.496 e. The Labute approximate surface area is 94.3 Å². The molecule has 1 N–H and O–H groups in total. The predicted octanol–water partition coefficient (Wildman–Crippen LogP) is 1.30. The molecule has 84 valence electrons. The highest BCUT2D eigenvalue weighted by molar-refractivity contribution is 5.57. The van der Waals surface area contributed by atoms with Gasteiger partial charge in [-0.05, 0) is 12.1 Å². The Bertz CT molecular complexity index is 388. The van der Waals surface area contributed by atoms with Crippen molar-refractivity contribution in [3.8, 4) is 17.7 Å². The average molecular weight is 219 g/mol. The molecule has 0 saturated carbocycles. The summed E-state index contributed by atoms with van der Waals surface area (Å²) in [5.41, 5.74) is 0.850. The highest BCUT2D eigenvalue weighted by Gasteiger charge is 2.07. The van der Waals surface area contributed by atoms with E-state index in [9.17, 15) is 0 Å². The van der Waals surface area contributed by atoms with Gasteiger partial charge in [0.15, 0.2) is 6.19 Å². The summed E-state index contributed by atoms with van der Waals surface area (Å²) in [6.07, 6.45) is 3.09. The summed E-state index contributed by atoms with van der Waals surface area (Å²) in [6, 6.07) is 5.52. The molecule has 1 rings (SSSR count). The van der Waals surface area contributed by atoms with E-state index in [2.05, 4.69) is 10.3 Å². The van der Waals surface area contributed by atoms with Crippen LogP contribution in [0.4, 0.5) is 0 Å². The first-order valence-electron chi connectivity index (χ1n) is 4.66. The Morgan fingerprint density at radius 1 is 1.38 bits per heavy atom. The molecular formula is C11H13N3O2. The van der Waals surface area contributed by atoms with E-state index in [0.717, 1.165) is 5.56 Å². The number of benzene rings is 1. The molecule has 0 heterocycles. The SMILES string of the molecule is COc1cccc(OC)c1CN=CNC#N. The van der Waals surface area contributed by atoms with Crippen LogP contribution in [0.3, 0.4) is 0 Å². The summed E-state index contributed by atoms with van der Waals surface area (Å²) in [7, 11) is 3.19. The fraction of sp³-hybridized carbons (Fsp3) is 0.273. The molecule has 0 amide bonds. The summed E-state index contributed by atoms with van der Waals surface area (Å²) in [5.74, 6) is 1.43. The molecule has 0 aliphatic heterocycles. The molecule has 0 spiro atoms. The Kier molecular flexibility index (Phi) is 4.67. The molecule has 0 atom stereocenters. The molecule has 5 heteroatoms. The molecule has 0 saturated heterocycles. The molecule has 5 nitrogen and oxygen atoms in total. The van der Waals surface area contributed by atoms with Gasteiger partial charge >= 0.3 is 0 Å². The van der Waals surface area contributed by atoms with Crippen molar-refractivity contribution in [1.29, 1.82) is 5.26 Å². The molecule has 1 aromatic rings. The van der Waals surface area contributed by atoms with Crippen molar-refractivity contribution in [3.63, 3.8) is 0 Å². The number of nitriles is 1. The lowest BCUT2D eigenvalue weighted by molar-refractivity contribution is 0.386. The van der Waals surface area contributed by atoms with E-state index in [4.69, 9.17) is 14.7 Å². The topological polar surface area (TPSA) is 66.6 Å². The van der Waals surface area contributed by atoms with Crippen LogP contribution >= 0.6 is 0 Å². The molecule has 0 radical (unpaired) electrons. The van der Waals surface area contributed by atoms with Crippen molar-refractivity contribution in [1.82, 2.24) is 5.32 Å². The zero-order valence-corrected chi connectivity index (χ0v) is 9.23. The van der Waals surface area contributed by atoms with Crippen LogP contribution in [-0.4, -0.2) is 20.6 Å². The average Bonchev–Trinajstić information content (AvgIpc) is 2.34. The number of aliphatic imine (C=N–C) groups is 1. The van der Waals surface area contributed by atoms with Crippen molar-refractivity contribution < 1.29 is 9.47 Å². The van der Waals surface area contributed by atoms with Crippen molar-refractivity contribution in [2.45, 2.75) is 6.54 Å². The fourth-order valence-corrected chi connectivity index (χ4v) is 1.30. The molecule has 0 aromatic heterocycles. The second kappa shape index (κ2) is 6.30. The van der Waals surface area contributed by atoms with E-state index in [-0.39, 0.29) is 0 Å². The van der Waals surface area contributed by atoms with Crippen LogP contribution in [0.1, 0.15) is 5.56 Å². The van der Waals surface area contributed by atoms with Crippen LogP contribution in [0.15, 0.2) is 23.2 Å². The smallest absolute Gasteiger partial charge is 0.182 e. The zero-order chi connectivity index (χ0) is 11.8. The number of hydrogen-bond donors (Lipinski definition) is 1. The molecule has 0 bridgehead atoms. The molecule has 0 fully saturated rings. The number of nitrogens with zero attached hydrogens (tertiary/aromatic N) is 2. The van der Waals surface area contributed by atoms with Gasteiger partial charge in [0.2, 0.25) is 0 Å². The lowest BCUT2D eigenvalue weighted by Crippen LogP contribution is -2.01. The van der Waals surface area contributed by atoms with E-state index in [0.29, 0.717) is 18.0 Å². The minimum absolute atomic E-state index is 0.391. The Balaban J connectivity index is 2.87. The van der Waals surface area contributed by atoms with Crippen molar-refractivity contribution >= 4 is 6.34 Å². The van der Waals surface area contributed by atoms with Gasteiger partial charge in [-0.3, -0.25) is 10.3 Å². The maximum absolute atomic E-state index is 8.26. The summed E-state index contributed by atoms with van der Waals surface area (Å²) in [4.78, 5) is 4.03. The highest BCUT2D eigenvalue weighted by atomic mass is 16.5. The molecule has 16 heavy (non-hydrogen) atoms. The summed E-state index contributed by atoms with van der Waals surface area (Å²) in [6.45, 7) is 0.391. The van der Waals surface area contributed by atoms with Crippen LogP contribution in [-0.2, 0) is 6.54 Å². The van der Waals surface area contributed by atoms with E-state index >= 15 is 0 Å². The van der Waals surface area contributed by atoms with Crippen molar-refractivity contribution in [2.24, 2.45) is 4.99 Å². The molecule has 1 aromatic carbocycles. The number of rotatable bonds is 5. The van der Waals surface area contributed by atoms with Gasteiger partial charge in [-0.25, -0.2) is 0 Å². The third-order valence-corrected chi connectivity index (χ3v) is 2.00. The molecule has 0 aliphatic carbocycles. The standard InChI is InChI=1S/C11H13N3O2/c1-15-10-4-3-5-11(16-2)9(10)6-13-8-14-7-12/h3-5,8H,6H2,1-2H3,(H,13,14). The first-order valence-corrected chi connectivity index (χ1v) is 4.66. The van der Waals surface area contributed by atoms with Gasteiger partial charge in [0.05, 0.1) is 32.7 Å². The second-order valence-corrected chi connectivity index (χ2v) is 2.87. The summed E-state index contributed by atoms with van der Waals surface area (Å²) in [5, 5.41) is 10.6. The first kappa shape index (κ1) is 11.9. The van der Waals surface area contributed by atoms with Gasteiger partial charge in [0.25, 0.3) is 0 Å². The second-order valence-electron chi connectivity index (χ2n) is 2.87. The van der Waals surface area contributed by atoms with E-state index in [1.807, 2.05) is 18.2 Å². The van der Waals surface area contributed by atoms with Crippen molar-refractivity contribution in [3.05, 3.63) is 23.8 Å². The maximum atomic E-state index is 8.26. The molecular weight excluding hydrogens is 206 g/mol. The quantitative estimate of drug-likeness (QED) is 0.351. The van der Waals surface area contributed by atoms with Gasteiger partial charge < -0.3 is 9.47 Å². The monoisotopic (exact) mass is 219 g/mol. The Morgan fingerprint density at radius 3 is 2.50 bits per heavy atom. The van der Waals surface area contributed by atoms with Gasteiger partial charge in [-0.15, -0.1) is 0 Å². The van der Waals surface area contributed by atoms with E-state index < -0.39 is 0 Å². The van der Waals surface area contributed by atoms with Gasteiger partial charge in [0.1, 0.15) is 11.5 Å².